The van der Waals surface area contributed by atoms with Crippen LogP contribution in [0.25, 0.3) is 28.2 Å². The molecule has 1 N–H and O–H groups in total. The number of pyridine rings is 1. The van der Waals surface area contributed by atoms with Crippen molar-refractivity contribution in [3.05, 3.63) is 117 Å². The van der Waals surface area contributed by atoms with Crippen LogP contribution in [-0.2, 0) is 6.54 Å². The summed E-state index contributed by atoms with van der Waals surface area (Å²) >= 11 is 18.2. The highest BCUT2D eigenvalue weighted by molar-refractivity contribution is 6.31. The third kappa shape index (κ3) is 4.53. The Morgan fingerprint density at radius 1 is 0.765 bits per heavy atom. The monoisotopic (exact) mass is 505 g/mol. The molecule has 0 aliphatic rings. The zero-order valence-corrected chi connectivity index (χ0v) is 20.1. The molecule has 34 heavy (non-hydrogen) atoms. The van der Waals surface area contributed by atoms with E-state index in [-0.39, 0.29) is 5.91 Å². The first kappa shape index (κ1) is 22.5. The fourth-order valence-electron chi connectivity index (χ4n) is 3.82. The van der Waals surface area contributed by atoms with Crippen molar-refractivity contribution < 1.29 is 4.79 Å². The predicted octanol–water partition coefficient (Wildman–Crippen LogP) is 7.56. The van der Waals surface area contributed by atoms with Gasteiger partial charge in [0.05, 0.1) is 17.0 Å². The van der Waals surface area contributed by atoms with Gasteiger partial charge in [-0.25, -0.2) is 4.98 Å². The molecule has 0 atom stereocenters. The Kier molecular flexibility index (Phi) is 6.29. The Bertz CT molecular complexity index is 1480. The van der Waals surface area contributed by atoms with E-state index in [0.717, 1.165) is 28.1 Å². The summed E-state index contributed by atoms with van der Waals surface area (Å²) in [4.78, 5) is 18.1. The molecule has 4 nitrogen and oxygen atoms in total. The van der Waals surface area contributed by atoms with Crippen LogP contribution < -0.4 is 5.32 Å². The van der Waals surface area contributed by atoms with E-state index in [1.54, 1.807) is 18.2 Å². The van der Waals surface area contributed by atoms with Crippen LogP contribution in [0.1, 0.15) is 15.9 Å². The maximum absolute atomic E-state index is 13.2. The Morgan fingerprint density at radius 2 is 1.32 bits per heavy atom. The molecule has 5 aromatic rings. The van der Waals surface area contributed by atoms with E-state index in [2.05, 4.69) is 5.32 Å². The molecule has 0 bridgehead atoms. The van der Waals surface area contributed by atoms with Gasteiger partial charge >= 0.3 is 0 Å². The predicted molar refractivity (Wildman–Crippen MR) is 139 cm³/mol. The number of aromatic nitrogens is 2. The molecule has 0 saturated heterocycles. The van der Waals surface area contributed by atoms with Crippen molar-refractivity contribution in [3.63, 3.8) is 0 Å². The first-order valence-electron chi connectivity index (χ1n) is 10.6. The molecule has 3 aromatic carbocycles. The van der Waals surface area contributed by atoms with Crippen molar-refractivity contribution in [2.45, 2.75) is 6.54 Å². The number of carbonyl (C=O) groups is 1. The highest BCUT2D eigenvalue weighted by atomic mass is 35.5. The number of nitrogens with zero attached hydrogens (tertiary/aromatic N) is 2. The van der Waals surface area contributed by atoms with Gasteiger partial charge in [0.15, 0.2) is 5.65 Å². The number of fused-ring (bicyclic) bond motifs is 1. The largest absolute Gasteiger partial charge is 0.348 e. The second kappa shape index (κ2) is 9.51. The maximum atomic E-state index is 13.2. The van der Waals surface area contributed by atoms with E-state index in [4.69, 9.17) is 39.8 Å². The number of carbonyl (C=O) groups excluding carboxylic acids is 1. The summed E-state index contributed by atoms with van der Waals surface area (Å²) < 4.78 is 1.93. The van der Waals surface area contributed by atoms with Crippen molar-refractivity contribution in [3.8, 4) is 22.5 Å². The van der Waals surface area contributed by atoms with Crippen LogP contribution in [0.15, 0.2) is 91.1 Å². The van der Waals surface area contributed by atoms with Crippen molar-refractivity contribution in [2.24, 2.45) is 0 Å². The molecule has 0 radical (unpaired) electrons. The summed E-state index contributed by atoms with van der Waals surface area (Å²) in [5.74, 6) is -0.212. The van der Waals surface area contributed by atoms with Gasteiger partial charge in [0.25, 0.3) is 5.91 Å². The van der Waals surface area contributed by atoms with Crippen molar-refractivity contribution in [2.75, 3.05) is 0 Å². The van der Waals surface area contributed by atoms with E-state index in [0.29, 0.717) is 32.8 Å². The van der Waals surface area contributed by atoms with Gasteiger partial charge in [-0.2, -0.15) is 0 Å². The molecule has 0 fully saturated rings. The number of hydrogen-bond acceptors (Lipinski definition) is 2. The third-order valence-electron chi connectivity index (χ3n) is 5.50. The minimum atomic E-state index is -0.212. The smallest absolute Gasteiger partial charge is 0.255 e. The molecule has 7 heteroatoms. The summed E-state index contributed by atoms with van der Waals surface area (Å²) in [7, 11) is 0. The Morgan fingerprint density at radius 3 is 1.94 bits per heavy atom. The fraction of sp³-hybridized carbons (Fsp3) is 0.0370. The molecule has 168 valence electrons. The van der Waals surface area contributed by atoms with Crippen LogP contribution in [-0.4, -0.2) is 15.3 Å². The van der Waals surface area contributed by atoms with Gasteiger partial charge in [0.2, 0.25) is 0 Å². The molecule has 0 spiro atoms. The zero-order chi connectivity index (χ0) is 23.7. The highest BCUT2D eigenvalue weighted by Gasteiger charge is 2.20. The van der Waals surface area contributed by atoms with Crippen molar-refractivity contribution in [1.82, 2.24) is 14.7 Å². The first-order chi connectivity index (χ1) is 16.5. The molecule has 1 amide bonds. The summed E-state index contributed by atoms with van der Waals surface area (Å²) in [6.45, 7) is 0.381. The summed E-state index contributed by atoms with van der Waals surface area (Å²) in [5.41, 5.74) is 5.43. The van der Waals surface area contributed by atoms with Gasteiger partial charge in [-0.1, -0.05) is 71.2 Å². The van der Waals surface area contributed by atoms with Crippen LogP contribution >= 0.6 is 34.8 Å². The lowest BCUT2D eigenvalue weighted by Crippen LogP contribution is -2.23. The Balaban J connectivity index is 1.60. The maximum Gasteiger partial charge on any atom is 0.255 e. The minimum absolute atomic E-state index is 0.212. The lowest BCUT2D eigenvalue weighted by molar-refractivity contribution is 0.0952. The van der Waals surface area contributed by atoms with Gasteiger partial charge in [0, 0.05) is 38.9 Å². The number of nitrogens with one attached hydrogen (secondary N) is 1. The highest BCUT2D eigenvalue weighted by Crippen LogP contribution is 2.34. The van der Waals surface area contributed by atoms with E-state index < -0.39 is 0 Å². The van der Waals surface area contributed by atoms with Crippen LogP contribution in [0, 0.1) is 0 Å². The molecule has 0 unspecified atom stereocenters. The van der Waals surface area contributed by atoms with Crippen molar-refractivity contribution >= 4 is 46.4 Å². The minimum Gasteiger partial charge on any atom is -0.348 e. The average Bonchev–Trinajstić information content (AvgIpc) is 3.24. The molecule has 5 rings (SSSR count). The van der Waals surface area contributed by atoms with Gasteiger partial charge in [-0.15, -0.1) is 0 Å². The van der Waals surface area contributed by atoms with Crippen LogP contribution in [0.4, 0.5) is 0 Å². The van der Waals surface area contributed by atoms with E-state index >= 15 is 0 Å². The molecule has 2 aromatic heterocycles. The summed E-state index contributed by atoms with van der Waals surface area (Å²) in [5, 5.41) is 4.92. The van der Waals surface area contributed by atoms with E-state index in [1.807, 2.05) is 77.3 Å². The quantitative estimate of drug-likeness (QED) is 0.267. The topological polar surface area (TPSA) is 46.4 Å². The van der Waals surface area contributed by atoms with Gasteiger partial charge in [-0.3, -0.25) is 9.20 Å². The van der Waals surface area contributed by atoms with Gasteiger partial charge < -0.3 is 5.32 Å². The number of halogens is 3. The van der Waals surface area contributed by atoms with E-state index in [9.17, 15) is 4.79 Å². The average molecular weight is 507 g/mol. The van der Waals surface area contributed by atoms with E-state index in [1.165, 1.54) is 0 Å². The number of amides is 1. The lowest BCUT2D eigenvalue weighted by atomic mass is 10.0. The number of rotatable bonds is 5. The second-order valence-electron chi connectivity index (χ2n) is 7.75. The molecule has 0 aliphatic carbocycles. The first-order valence-corrected chi connectivity index (χ1v) is 11.7. The van der Waals surface area contributed by atoms with Crippen LogP contribution in [0.3, 0.4) is 0 Å². The summed E-state index contributed by atoms with van der Waals surface area (Å²) in [6, 6.07) is 26.0. The van der Waals surface area contributed by atoms with Gasteiger partial charge in [-0.05, 0) is 54.1 Å². The molecular formula is C27H18Cl3N3O. The number of imidazole rings is 1. The molecule has 0 aliphatic heterocycles. The zero-order valence-electron chi connectivity index (χ0n) is 17.8. The Labute approximate surface area is 211 Å². The van der Waals surface area contributed by atoms with Crippen LogP contribution in [0.5, 0.6) is 0 Å². The molecular weight excluding hydrogens is 489 g/mol. The van der Waals surface area contributed by atoms with Crippen LogP contribution in [0.2, 0.25) is 15.1 Å². The second-order valence-corrected chi connectivity index (χ2v) is 9.06. The number of hydrogen-bond donors (Lipinski definition) is 1. The third-order valence-corrected chi connectivity index (χ3v) is 6.25. The normalized spacial score (nSPS) is 11.0. The SMILES string of the molecule is O=C(NCc1ccc(Cl)cc1)c1cccn2c(-c3ccc(Cl)cc3)c(-c3ccc(Cl)cc3)nc12. The standard InChI is InChI=1S/C27H18Cl3N3O/c28-20-9-3-17(4-10-20)16-31-27(34)23-2-1-15-33-25(19-7-13-22(30)14-8-19)24(32-26(23)33)18-5-11-21(29)12-6-18/h1-15H,16H2,(H,31,34). The lowest BCUT2D eigenvalue weighted by Gasteiger charge is -2.08. The fourth-order valence-corrected chi connectivity index (χ4v) is 4.20. The van der Waals surface area contributed by atoms with Crippen molar-refractivity contribution in [1.29, 1.82) is 0 Å². The number of benzene rings is 3. The molecule has 0 saturated carbocycles. The summed E-state index contributed by atoms with van der Waals surface area (Å²) in [6.07, 6.45) is 1.90. The Hall–Kier alpha value is -3.31. The van der Waals surface area contributed by atoms with Gasteiger partial charge in [0.1, 0.15) is 0 Å². The molecule has 2 heterocycles.